The lowest BCUT2D eigenvalue weighted by Gasteiger charge is -2.20. The summed E-state index contributed by atoms with van der Waals surface area (Å²) in [6.07, 6.45) is 0.521. The van der Waals surface area contributed by atoms with Crippen LogP contribution in [0.2, 0.25) is 0 Å². The molecule has 2 N–H and O–H groups in total. The van der Waals surface area contributed by atoms with Gasteiger partial charge in [0.1, 0.15) is 12.2 Å². The van der Waals surface area contributed by atoms with E-state index < -0.39 is 24.2 Å². The highest BCUT2D eigenvalue weighted by Crippen LogP contribution is 2.20. The van der Waals surface area contributed by atoms with Crippen molar-refractivity contribution in [3.63, 3.8) is 0 Å². The minimum Gasteiger partial charge on any atom is -0.465 e. The van der Waals surface area contributed by atoms with E-state index in [0.717, 1.165) is 14.9 Å². The Bertz CT molecular complexity index is 528. The Labute approximate surface area is 123 Å². The summed E-state index contributed by atoms with van der Waals surface area (Å²) in [6.45, 7) is -0.0436. The highest BCUT2D eigenvalue weighted by atomic mass is 79.9. The van der Waals surface area contributed by atoms with Crippen molar-refractivity contribution < 1.29 is 19.1 Å². The van der Waals surface area contributed by atoms with Crippen LogP contribution in [0.1, 0.15) is 12.0 Å². The zero-order valence-electron chi connectivity index (χ0n) is 10.4. The van der Waals surface area contributed by atoms with Crippen LogP contribution in [0.15, 0.2) is 22.9 Å². The average Bonchev–Trinajstić information content (AvgIpc) is 2.78. The Morgan fingerprint density at radius 3 is 2.95 bits per heavy atom. The zero-order chi connectivity index (χ0) is 14.7. The first kappa shape index (κ1) is 14.7. The molecule has 0 saturated carbocycles. The molecular weight excluding hydrogens is 333 g/mol. The zero-order valence-corrected chi connectivity index (χ0v) is 12.0. The van der Waals surface area contributed by atoms with E-state index in [1.165, 1.54) is 0 Å². The molecule has 2 heterocycles. The van der Waals surface area contributed by atoms with E-state index in [-0.39, 0.29) is 19.5 Å². The minimum atomic E-state index is -1.30. The molecule has 1 aromatic heterocycles. The van der Waals surface area contributed by atoms with Gasteiger partial charge in [0.25, 0.3) is 0 Å². The van der Waals surface area contributed by atoms with Crippen LogP contribution in [0.4, 0.5) is 9.18 Å². The molecule has 2 amide bonds. The maximum atomic E-state index is 13.3. The van der Waals surface area contributed by atoms with Crippen molar-refractivity contribution in [2.24, 2.45) is 0 Å². The van der Waals surface area contributed by atoms with E-state index >= 15 is 0 Å². The lowest BCUT2D eigenvalue weighted by atomic mass is 10.2. The monoisotopic (exact) mass is 345 g/mol. The van der Waals surface area contributed by atoms with Crippen molar-refractivity contribution in [1.29, 1.82) is 0 Å². The van der Waals surface area contributed by atoms with Gasteiger partial charge in [-0.3, -0.25) is 14.7 Å². The number of likely N-dealkylation sites (tertiary alicyclic amines) is 1. The summed E-state index contributed by atoms with van der Waals surface area (Å²) in [5.41, 5.74) is 0.768. The predicted octanol–water partition coefficient (Wildman–Crippen LogP) is 1.55. The van der Waals surface area contributed by atoms with Gasteiger partial charge in [0.2, 0.25) is 5.91 Å². The van der Waals surface area contributed by atoms with E-state index in [1.807, 2.05) is 0 Å². The third-order valence-electron chi connectivity index (χ3n) is 3.03. The van der Waals surface area contributed by atoms with Crippen molar-refractivity contribution in [1.82, 2.24) is 15.2 Å². The van der Waals surface area contributed by atoms with E-state index in [2.05, 4.69) is 26.2 Å². The molecule has 1 saturated heterocycles. The molecule has 0 aromatic carbocycles. The van der Waals surface area contributed by atoms with E-state index in [0.29, 0.717) is 0 Å². The van der Waals surface area contributed by atoms with Crippen LogP contribution in [0, 0.1) is 0 Å². The van der Waals surface area contributed by atoms with Crippen LogP contribution in [-0.2, 0) is 11.3 Å². The Morgan fingerprint density at radius 2 is 2.30 bits per heavy atom. The van der Waals surface area contributed by atoms with Crippen LogP contribution < -0.4 is 5.32 Å². The number of alkyl halides is 1. The fourth-order valence-electron chi connectivity index (χ4n) is 2.10. The second-order valence-corrected chi connectivity index (χ2v) is 5.43. The molecular formula is C12H13BrFN3O3. The van der Waals surface area contributed by atoms with Gasteiger partial charge in [0.15, 0.2) is 0 Å². The number of carbonyl (C=O) groups excluding carboxylic acids is 1. The number of aromatic nitrogens is 1. The minimum absolute atomic E-state index is 0.102. The predicted molar refractivity (Wildman–Crippen MR) is 71.8 cm³/mol. The number of halogens is 2. The van der Waals surface area contributed by atoms with Crippen molar-refractivity contribution >= 4 is 27.9 Å². The molecule has 8 heteroatoms. The summed E-state index contributed by atoms with van der Waals surface area (Å²) >= 11 is 3.26. The summed E-state index contributed by atoms with van der Waals surface area (Å²) in [6, 6.07) is 0.817. The molecule has 0 radical (unpaired) electrons. The molecule has 6 nitrogen and oxygen atoms in total. The first-order valence-electron chi connectivity index (χ1n) is 5.98. The third kappa shape index (κ3) is 3.44. The first-order chi connectivity index (χ1) is 9.47. The Morgan fingerprint density at radius 1 is 1.55 bits per heavy atom. The van der Waals surface area contributed by atoms with Crippen LogP contribution >= 0.6 is 15.9 Å². The largest absolute Gasteiger partial charge is 0.465 e. The summed E-state index contributed by atoms with van der Waals surface area (Å²) < 4.78 is 14.0. The second kappa shape index (κ2) is 6.17. The molecule has 108 valence electrons. The number of hydrogen-bond donors (Lipinski definition) is 2. The van der Waals surface area contributed by atoms with Crippen LogP contribution in [0.5, 0.6) is 0 Å². The topological polar surface area (TPSA) is 82.5 Å². The maximum absolute atomic E-state index is 13.3. The highest BCUT2D eigenvalue weighted by molar-refractivity contribution is 9.10. The number of amides is 2. The van der Waals surface area contributed by atoms with Gasteiger partial charge in [-0.2, -0.15) is 0 Å². The number of carboxylic acid groups (broad SMARTS) is 1. The lowest BCUT2D eigenvalue weighted by Crippen LogP contribution is -2.45. The molecule has 0 aliphatic carbocycles. The van der Waals surface area contributed by atoms with Crippen LogP contribution in [-0.4, -0.2) is 45.7 Å². The number of hydrogen-bond acceptors (Lipinski definition) is 3. The Kier molecular flexibility index (Phi) is 4.53. The van der Waals surface area contributed by atoms with Crippen molar-refractivity contribution in [2.45, 2.75) is 25.2 Å². The fourth-order valence-corrected chi connectivity index (χ4v) is 2.52. The Hall–Kier alpha value is -1.70. The number of carbonyl (C=O) groups is 2. The molecule has 0 bridgehead atoms. The summed E-state index contributed by atoms with van der Waals surface area (Å²) in [4.78, 5) is 27.7. The molecule has 2 rings (SSSR count). The molecule has 1 aliphatic rings. The van der Waals surface area contributed by atoms with Crippen molar-refractivity contribution in [3.05, 3.63) is 28.5 Å². The highest BCUT2D eigenvalue weighted by Gasteiger charge is 2.39. The standard InChI is InChI=1S/C12H13BrFN3O3/c13-8-1-7(3-15-5-8)4-16-11(18)10-2-9(14)6-17(10)12(19)20/h1,3,5,9-10H,2,4,6H2,(H,16,18)(H,19,20)/t9-,10+/m1/s1. The number of pyridine rings is 1. The first-order valence-corrected chi connectivity index (χ1v) is 6.77. The summed E-state index contributed by atoms with van der Waals surface area (Å²) in [5.74, 6) is -0.493. The van der Waals surface area contributed by atoms with Crippen LogP contribution in [0.3, 0.4) is 0 Å². The van der Waals surface area contributed by atoms with Crippen molar-refractivity contribution in [2.75, 3.05) is 6.54 Å². The Balaban J connectivity index is 1.96. The van der Waals surface area contributed by atoms with Gasteiger partial charge < -0.3 is 10.4 Å². The number of nitrogens with zero attached hydrogens (tertiary/aromatic N) is 2. The number of nitrogens with one attached hydrogen (secondary N) is 1. The van der Waals surface area contributed by atoms with Gasteiger partial charge in [0.05, 0.1) is 6.54 Å². The average molecular weight is 346 g/mol. The van der Waals surface area contributed by atoms with Gasteiger partial charge in [-0.1, -0.05) is 0 Å². The molecule has 20 heavy (non-hydrogen) atoms. The molecule has 0 spiro atoms. The van der Waals surface area contributed by atoms with Gasteiger partial charge in [-0.25, -0.2) is 9.18 Å². The number of rotatable bonds is 3. The van der Waals surface area contributed by atoms with Crippen LogP contribution in [0.25, 0.3) is 0 Å². The van der Waals surface area contributed by atoms with Gasteiger partial charge in [-0.15, -0.1) is 0 Å². The van der Waals surface area contributed by atoms with Gasteiger partial charge >= 0.3 is 6.09 Å². The smallest absolute Gasteiger partial charge is 0.408 e. The van der Waals surface area contributed by atoms with Gasteiger partial charge in [0, 0.05) is 29.8 Å². The fraction of sp³-hybridized carbons (Fsp3) is 0.417. The van der Waals surface area contributed by atoms with Crippen molar-refractivity contribution in [3.8, 4) is 0 Å². The maximum Gasteiger partial charge on any atom is 0.408 e. The quantitative estimate of drug-likeness (QED) is 0.870. The normalized spacial score (nSPS) is 21.8. The lowest BCUT2D eigenvalue weighted by molar-refractivity contribution is -0.125. The molecule has 1 aliphatic heterocycles. The molecule has 1 aromatic rings. The molecule has 1 fully saturated rings. The SMILES string of the molecule is O=C(NCc1cncc(Br)c1)[C@@H]1C[C@@H](F)CN1C(=O)O. The van der Waals surface area contributed by atoms with E-state index in [1.54, 1.807) is 18.5 Å². The van der Waals surface area contributed by atoms with Gasteiger partial charge in [-0.05, 0) is 27.6 Å². The summed E-state index contributed by atoms with van der Waals surface area (Å²) in [5, 5.41) is 11.5. The second-order valence-electron chi connectivity index (χ2n) is 4.51. The molecule has 2 atom stereocenters. The third-order valence-corrected chi connectivity index (χ3v) is 3.46. The summed E-state index contributed by atoms with van der Waals surface area (Å²) in [7, 11) is 0. The van der Waals surface area contributed by atoms with E-state index in [9.17, 15) is 14.0 Å². The van der Waals surface area contributed by atoms with E-state index in [4.69, 9.17) is 5.11 Å². The molecule has 0 unspecified atom stereocenters.